The molecule has 0 aromatic heterocycles. The minimum Gasteiger partial charge on any atom is -0.503 e. The van der Waals surface area contributed by atoms with Crippen LogP contribution in [0.2, 0.25) is 0 Å². The molecule has 1 aliphatic heterocycles. The van der Waals surface area contributed by atoms with Crippen molar-refractivity contribution in [3.63, 3.8) is 0 Å². The van der Waals surface area contributed by atoms with Gasteiger partial charge in [-0.25, -0.2) is 8.78 Å². The summed E-state index contributed by atoms with van der Waals surface area (Å²) in [5, 5.41) is 10.4. The predicted molar refractivity (Wildman–Crippen MR) is 97.1 cm³/mol. The Morgan fingerprint density at radius 3 is 2.48 bits per heavy atom. The molecule has 1 N–H and O–H groups in total. The molecule has 2 aromatic rings. The Balaban J connectivity index is 2.19. The normalized spacial score (nSPS) is 17.1. The quantitative estimate of drug-likeness (QED) is 0.843. The van der Waals surface area contributed by atoms with E-state index in [-0.39, 0.29) is 29.2 Å². The molecule has 0 fully saturated rings. The molecule has 1 heterocycles. The summed E-state index contributed by atoms with van der Waals surface area (Å²) >= 11 is 0. The molecule has 0 saturated heterocycles. The van der Waals surface area contributed by atoms with Crippen molar-refractivity contribution in [3.05, 3.63) is 77.1 Å². The van der Waals surface area contributed by atoms with Gasteiger partial charge in [-0.1, -0.05) is 38.1 Å². The zero-order valence-corrected chi connectivity index (χ0v) is 14.9. The largest absolute Gasteiger partial charge is 0.503 e. The third-order valence-electron chi connectivity index (χ3n) is 4.39. The minimum atomic E-state index is -1.16. The molecule has 1 aliphatic rings. The number of aliphatic hydroxyl groups is 1. The number of ketones is 1. The second-order valence-corrected chi connectivity index (χ2v) is 6.86. The highest BCUT2D eigenvalue weighted by Crippen LogP contribution is 2.42. The van der Waals surface area contributed by atoms with Crippen LogP contribution in [0, 0.1) is 17.6 Å². The highest BCUT2D eigenvalue weighted by Gasteiger charge is 2.45. The van der Waals surface area contributed by atoms with E-state index >= 15 is 0 Å². The van der Waals surface area contributed by atoms with Crippen LogP contribution < -0.4 is 4.90 Å². The number of benzene rings is 2. The molecular formula is C21H19F2NO3. The summed E-state index contributed by atoms with van der Waals surface area (Å²) in [6, 6.07) is 9.75. The van der Waals surface area contributed by atoms with Gasteiger partial charge in [-0.2, -0.15) is 0 Å². The van der Waals surface area contributed by atoms with E-state index in [0.717, 1.165) is 11.0 Å². The van der Waals surface area contributed by atoms with Crippen LogP contribution in [0.5, 0.6) is 0 Å². The van der Waals surface area contributed by atoms with E-state index in [9.17, 15) is 23.5 Å². The van der Waals surface area contributed by atoms with E-state index in [4.69, 9.17) is 0 Å². The number of carbonyl (C=O) groups excluding carboxylic acids is 2. The van der Waals surface area contributed by atoms with Crippen LogP contribution in [-0.2, 0) is 9.59 Å². The van der Waals surface area contributed by atoms with Gasteiger partial charge in [0.25, 0.3) is 5.91 Å². The fourth-order valence-corrected chi connectivity index (χ4v) is 3.25. The van der Waals surface area contributed by atoms with Crippen LogP contribution in [0.4, 0.5) is 14.5 Å². The van der Waals surface area contributed by atoms with Crippen LogP contribution in [0.3, 0.4) is 0 Å². The third-order valence-corrected chi connectivity index (χ3v) is 4.39. The van der Waals surface area contributed by atoms with Crippen molar-refractivity contribution < 1.29 is 23.5 Å². The van der Waals surface area contributed by atoms with Gasteiger partial charge in [-0.15, -0.1) is 0 Å². The summed E-state index contributed by atoms with van der Waals surface area (Å²) in [5.41, 5.74) is 0.0291. The van der Waals surface area contributed by atoms with Crippen LogP contribution >= 0.6 is 0 Å². The van der Waals surface area contributed by atoms with E-state index in [1.165, 1.54) is 36.4 Å². The fourth-order valence-electron chi connectivity index (χ4n) is 3.25. The first-order valence-electron chi connectivity index (χ1n) is 8.61. The van der Waals surface area contributed by atoms with Gasteiger partial charge in [0, 0.05) is 17.7 Å². The molecule has 0 bridgehead atoms. The Hall–Kier alpha value is -3.02. The standard InChI is InChI=1S/C21H19F2NO3/c1-12(2)10-17(25)18-19(15-8-3-4-9-16(15)23)24(21(27)20(18)26)14-7-5-6-13(22)11-14/h3-9,11-12,19,26H,10H2,1-2H3. The number of halogens is 2. The monoisotopic (exact) mass is 371 g/mol. The molecule has 140 valence electrons. The number of carbonyl (C=O) groups is 2. The number of rotatable bonds is 5. The zero-order chi connectivity index (χ0) is 19.7. The Labute approximate surface area is 155 Å². The van der Waals surface area contributed by atoms with Gasteiger partial charge in [-0.3, -0.25) is 14.5 Å². The minimum absolute atomic E-state index is 0.0163. The van der Waals surface area contributed by atoms with Crippen molar-refractivity contribution in [1.29, 1.82) is 0 Å². The lowest BCUT2D eigenvalue weighted by molar-refractivity contribution is -0.118. The van der Waals surface area contributed by atoms with Gasteiger partial charge >= 0.3 is 0 Å². The van der Waals surface area contributed by atoms with Crippen molar-refractivity contribution in [2.24, 2.45) is 5.92 Å². The lowest BCUT2D eigenvalue weighted by atomic mass is 9.91. The van der Waals surface area contributed by atoms with E-state index in [0.29, 0.717) is 0 Å². The van der Waals surface area contributed by atoms with Crippen molar-refractivity contribution >= 4 is 17.4 Å². The first-order valence-corrected chi connectivity index (χ1v) is 8.61. The molecule has 4 nitrogen and oxygen atoms in total. The number of anilines is 1. The highest BCUT2D eigenvalue weighted by atomic mass is 19.1. The van der Waals surface area contributed by atoms with E-state index < -0.39 is 35.1 Å². The average Bonchev–Trinajstić information content (AvgIpc) is 2.86. The molecule has 3 rings (SSSR count). The summed E-state index contributed by atoms with van der Waals surface area (Å²) in [6.07, 6.45) is 0.0919. The van der Waals surface area contributed by atoms with Gasteiger partial charge in [-0.05, 0) is 30.2 Å². The van der Waals surface area contributed by atoms with Crippen molar-refractivity contribution in [2.75, 3.05) is 4.90 Å². The Kier molecular flexibility index (Phi) is 5.08. The number of nitrogens with zero attached hydrogens (tertiary/aromatic N) is 1. The molecule has 1 atom stereocenters. The molecule has 27 heavy (non-hydrogen) atoms. The summed E-state index contributed by atoms with van der Waals surface area (Å²) in [5.74, 6) is -3.25. The maximum absolute atomic E-state index is 14.5. The van der Waals surface area contributed by atoms with Crippen molar-refractivity contribution in [1.82, 2.24) is 0 Å². The molecule has 1 unspecified atom stereocenters. The molecule has 1 amide bonds. The van der Waals surface area contributed by atoms with Crippen LogP contribution in [-0.4, -0.2) is 16.8 Å². The summed E-state index contributed by atoms with van der Waals surface area (Å²) in [4.78, 5) is 26.6. The molecule has 0 spiro atoms. The smallest absolute Gasteiger partial charge is 0.294 e. The summed E-state index contributed by atoms with van der Waals surface area (Å²) in [6.45, 7) is 3.66. The average molecular weight is 371 g/mol. The Morgan fingerprint density at radius 2 is 1.85 bits per heavy atom. The lowest BCUT2D eigenvalue weighted by Gasteiger charge is -2.27. The highest BCUT2D eigenvalue weighted by molar-refractivity contribution is 6.16. The van der Waals surface area contributed by atoms with E-state index in [2.05, 4.69) is 0 Å². The first-order chi connectivity index (χ1) is 12.8. The molecular weight excluding hydrogens is 352 g/mol. The fraction of sp³-hybridized carbons (Fsp3) is 0.238. The van der Waals surface area contributed by atoms with E-state index in [1.807, 2.05) is 13.8 Å². The van der Waals surface area contributed by atoms with Gasteiger partial charge in [0.2, 0.25) is 0 Å². The summed E-state index contributed by atoms with van der Waals surface area (Å²) in [7, 11) is 0. The molecule has 2 aromatic carbocycles. The lowest BCUT2D eigenvalue weighted by Crippen LogP contribution is -2.31. The van der Waals surface area contributed by atoms with Crippen LogP contribution in [0.15, 0.2) is 59.9 Å². The molecule has 0 radical (unpaired) electrons. The number of hydrogen-bond donors (Lipinski definition) is 1. The van der Waals surface area contributed by atoms with Crippen LogP contribution in [0.1, 0.15) is 31.9 Å². The number of amides is 1. The second kappa shape index (κ2) is 7.31. The molecule has 0 saturated carbocycles. The molecule has 0 aliphatic carbocycles. The number of hydrogen-bond acceptors (Lipinski definition) is 3. The zero-order valence-electron chi connectivity index (χ0n) is 14.9. The third kappa shape index (κ3) is 3.47. The Morgan fingerprint density at radius 1 is 1.15 bits per heavy atom. The van der Waals surface area contributed by atoms with Crippen LogP contribution in [0.25, 0.3) is 0 Å². The molecule has 6 heteroatoms. The topological polar surface area (TPSA) is 57.6 Å². The van der Waals surface area contributed by atoms with Gasteiger partial charge in [0.1, 0.15) is 11.6 Å². The second-order valence-electron chi connectivity index (χ2n) is 6.86. The van der Waals surface area contributed by atoms with Gasteiger partial charge < -0.3 is 5.11 Å². The summed E-state index contributed by atoms with van der Waals surface area (Å²) < 4.78 is 28.3. The predicted octanol–water partition coefficient (Wildman–Crippen LogP) is 4.48. The maximum atomic E-state index is 14.5. The number of Topliss-reactive ketones (excluding diaryl/α,β-unsaturated/α-hetero) is 1. The van der Waals surface area contributed by atoms with Crippen molar-refractivity contribution in [3.8, 4) is 0 Å². The first kappa shape index (κ1) is 18.8. The van der Waals surface area contributed by atoms with E-state index in [1.54, 1.807) is 6.07 Å². The maximum Gasteiger partial charge on any atom is 0.294 e. The van der Waals surface area contributed by atoms with Gasteiger partial charge in [0.05, 0.1) is 11.6 Å². The Bertz CT molecular complexity index is 937. The van der Waals surface area contributed by atoms with Gasteiger partial charge in [0.15, 0.2) is 11.5 Å². The number of aliphatic hydroxyl groups excluding tert-OH is 1. The van der Waals surface area contributed by atoms with Crippen molar-refractivity contribution in [2.45, 2.75) is 26.3 Å². The SMILES string of the molecule is CC(C)CC(=O)C1=C(O)C(=O)N(c2cccc(F)c2)C1c1ccccc1F.